The van der Waals surface area contributed by atoms with Crippen molar-refractivity contribution in [2.24, 2.45) is 10.8 Å². The van der Waals surface area contributed by atoms with Crippen LogP contribution in [0.4, 0.5) is 0 Å². The fraction of sp³-hybridized carbons (Fsp3) is 1.00. The maximum absolute atomic E-state index is 5.82. The molecule has 1 nitrogen and oxygen atoms in total. The Morgan fingerprint density at radius 3 is 1.92 bits per heavy atom. The second-order valence-corrected chi connectivity index (χ2v) is 5.67. The van der Waals surface area contributed by atoms with Crippen LogP contribution in [-0.2, 0) is 4.65 Å². The highest BCUT2D eigenvalue weighted by molar-refractivity contribution is 6.53. The van der Waals surface area contributed by atoms with Crippen molar-refractivity contribution < 1.29 is 4.65 Å². The smallest absolute Gasteiger partial charge is 0.294 e. The number of hydrogen-bond acceptors (Lipinski definition) is 1. The summed E-state index contributed by atoms with van der Waals surface area (Å²) in [6, 6.07) is 0. The normalized spacial score (nSPS) is 25.2. The molecule has 0 aliphatic carbocycles. The molecule has 1 saturated heterocycles. The molecule has 0 bridgehead atoms. The summed E-state index contributed by atoms with van der Waals surface area (Å²) in [5, 5.41) is 0. The molecule has 2 heteroatoms. The van der Waals surface area contributed by atoms with E-state index < -0.39 is 0 Å². The largest absolute Gasteiger partial charge is 0.436 e. The van der Waals surface area contributed by atoms with Crippen molar-refractivity contribution in [1.82, 2.24) is 0 Å². The van der Waals surface area contributed by atoms with Crippen LogP contribution in [0, 0.1) is 10.8 Å². The molecule has 0 N–H and O–H groups in total. The fourth-order valence-corrected chi connectivity index (χ4v) is 2.17. The van der Waals surface area contributed by atoms with Gasteiger partial charge in [0, 0.05) is 6.61 Å². The van der Waals surface area contributed by atoms with Gasteiger partial charge in [0.2, 0.25) is 0 Å². The minimum Gasteiger partial charge on any atom is -0.436 e. The average molecular weight is 182 g/mol. The van der Waals surface area contributed by atoms with Gasteiger partial charge in [0.1, 0.15) is 0 Å². The summed E-state index contributed by atoms with van der Waals surface area (Å²) in [5.74, 6) is 0. The SMILES string of the molecule is CCCOB1CC(C)(C)C(C)(C)C1. The van der Waals surface area contributed by atoms with E-state index in [-0.39, 0.29) is 0 Å². The molecule has 0 atom stereocenters. The summed E-state index contributed by atoms with van der Waals surface area (Å²) in [6.07, 6.45) is 3.58. The molecule has 1 rings (SSSR count). The van der Waals surface area contributed by atoms with Crippen LogP contribution in [-0.4, -0.2) is 13.5 Å². The van der Waals surface area contributed by atoms with Crippen molar-refractivity contribution in [2.75, 3.05) is 6.61 Å². The molecule has 0 aromatic heterocycles. The van der Waals surface area contributed by atoms with Crippen LogP contribution in [0.2, 0.25) is 12.6 Å². The third-order valence-electron chi connectivity index (χ3n) is 3.87. The van der Waals surface area contributed by atoms with Crippen LogP contribution in [0.5, 0.6) is 0 Å². The first-order valence-electron chi connectivity index (χ1n) is 5.51. The van der Waals surface area contributed by atoms with E-state index in [0.29, 0.717) is 17.7 Å². The standard InChI is InChI=1S/C11H23BO/c1-6-7-13-12-8-10(2,3)11(4,5)9-12/h6-9H2,1-5H3. The van der Waals surface area contributed by atoms with Gasteiger partial charge in [-0.15, -0.1) is 0 Å². The lowest BCUT2D eigenvalue weighted by atomic mass is 9.63. The lowest BCUT2D eigenvalue weighted by Crippen LogP contribution is -2.24. The van der Waals surface area contributed by atoms with Crippen molar-refractivity contribution in [3.63, 3.8) is 0 Å². The topological polar surface area (TPSA) is 9.23 Å². The van der Waals surface area contributed by atoms with Crippen molar-refractivity contribution >= 4 is 6.92 Å². The highest BCUT2D eigenvalue weighted by atomic mass is 16.4. The first-order chi connectivity index (χ1) is 5.89. The molecule has 0 amide bonds. The van der Waals surface area contributed by atoms with Gasteiger partial charge in [0.05, 0.1) is 0 Å². The van der Waals surface area contributed by atoms with E-state index >= 15 is 0 Å². The number of hydrogen-bond donors (Lipinski definition) is 0. The molecule has 1 aliphatic heterocycles. The predicted octanol–water partition coefficient (Wildman–Crippen LogP) is 3.47. The maximum Gasteiger partial charge on any atom is 0.294 e. The van der Waals surface area contributed by atoms with Gasteiger partial charge >= 0.3 is 0 Å². The Balaban J connectivity index is 2.50. The quantitative estimate of drug-likeness (QED) is 0.607. The molecular formula is C11H23BO. The summed E-state index contributed by atoms with van der Waals surface area (Å²) in [6.45, 7) is 13.1. The third kappa shape index (κ3) is 2.28. The van der Waals surface area contributed by atoms with E-state index in [2.05, 4.69) is 34.6 Å². The highest BCUT2D eigenvalue weighted by Crippen LogP contribution is 2.52. The summed E-state index contributed by atoms with van der Waals surface area (Å²) >= 11 is 0. The van der Waals surface area contributed by atoms with E-state index in [1.54, 1.807) is 0 Å². The summed E-state index contributed by atoms with van der Waals surface area (Å²) in [5.41, 5.74) is 0.872. The van der Waals surface area contributed by atoms with Crippen LogP contribution in [0.3, 0.4) is 0 Å². The van der Waals surface area contributed by atoms with Crippen molar-refractivity contribution in [3.8, 4) is 0 Å². The van der Waals surface area contributed by atoms with E-state index in [1.807, 2.05) is 0 Å². The first kappa shape index (κ1) is 11.1. The average Bonchev–Trinajstić information content (AvgIpc) is 2.17. The molecule has 0 spiro atoms. The van der Waals surface area contributed by atoms with E-state index in [1.165, 1.54) is 12.6 Å². The lowest BCUT2D eigenvalue weighted by molar-refractivity contribution is 0.177. The Morgan fingerprint density at radius 2 is 1.54 bits per heavy atom. The molecule has 0 aromatic rings. The van der Waals surface area contributed by atoms with E-state index in [4.69, 9.17) is 4.65 Å². The lowest BCUT2D eigenvalue weighted by Gasteiger charge is -2.34. The molecule has 1 fully saturated rings. The van der Waals surface area contributed by atoms with Crippen molar-refractivity contribution in [1.29, 1.82) is 0 Å². The summed E-state index contributed by atoms with van der Waals surface area (Å²) in [7, 11) is 0. The van der Waals surface area contributed by atoms with Crippen LogP contribution in [0.15, 0.2) is 0 Å². The minimum atomic E-state index is 0.436. The molecule has 0 saturated carbocycles. The molecule has 1 aliphatic rings. The maximum atomic E-state index is 5.82. The van der Waals surface area contributed by atoms with E-state index in [9.17, 15) is 0 Å². The molecule has 1 heterocycles. The van der Waals surface area contributed by atoms with Crippen LogP contribution in [0.1, 0.15) is 41.0 Å². The summed E-state index contributed by atoms with van der Waals surface area (Å²) < 4.78 is 5.82. The Hall–Kier alpha value is 0.0249. The molecule has 76 valence electrons. The van der Waals surface area contributed by atoms with Gasteiger partial charge in [-0.2, -0.15) is 0 Å². The monoisotopic (exact) mass is 182 g/mol. The van der Waals surface area contributed by atoms with Crippen LogP contribution in [0.25, 0.3) is 0 Å². The van der Waals surface area contributed by atoms with Crippen LogP contribution < -0.4 is 0 Å². The van der Waals surface area contributed by atoms with Gasteiger partial charge in [-0.1, -0.05) is 34.6 Å². The number of rotatable bonds is 3. The minimum absolute atomic E-state index is 0.436. The Bertz CT molecular complexity index is 159. The second kappa shape index (κ2) is 3.64. The van der Waals surface area contributed by atoms with Gasteiger partial charge < -0.3 is 4.65 Å². The molecule has 0 aromatic carbocycles. The van der Waals surface area contributed by atoms with Crippen molar-refractivity contribution in [2.45, 2.75) is 53.7 Å². The van der Waals surface area contributed by atoms with Gasteiger partial charge in [0.25, 0.3) is 6.92 Å². The second-order valence-electron chi connectivity index (χ2n) is 5.67. The Morgan fingerprint density at radius 1 is 1.08 bits per heavy atom. The highest BCUT2D eigenvalue weighted by Gasteiger charge is 2.48. The summed E-state index contributed by atoms with van der Waals surface area (Å²) in [4.78, 5) is 0. The Labute approximate surface area is 83.4 Å². The fourth-order valence-electron chi connectivity index (χ4n) is 2.17. The van der Waals surface area contributed by atoms with Crippen LogP contribution >= 0.6 is 0 Å². The Kier molecular flexibility index (Phi) is 3.11. The van der Waals surface area contributed by atoms with E-state index in [0.717, 1.165) is 13.0 Å². The van der Waals surface area contributed by atoms with Gasteiger partial charge in [-0.25, -0.2) is 0 Å². The molecule has 0 radical (unpaired) electrons. The zero-order valence-corrected chi connectivity index (χ0v) is 9.81. The third-order valence-corrected chi connectivity index (χ3v) is 3.87. The van der Waals surface area contributed by atoms with Crippen molar-refractivity contribution in [3.05, 3.63) is 0 Å². The first-order valence-corrected chi connectivity index (χ1v) is 5.51. The molecule has 13 heavy (non-hydrogen) atoms. The van der Waals surface area contributed by atoms with Gasteiger partial charge in [-0.05, 0) is 29.9 Å². The predicted molar refractivity (Wildman–Crippen MR) is 59.2 cm³/mol. The zero-order chi connectivity index (χ0) is 10.1. The molecule has 0 unspecified atom stereocenters. The zero-order valence-electron chi connectivity index (χ0n) is 9.81. The van der Waals surface area contributed by atoms with Gasteiger partial charge in [0.15, 0.2) is 0 Å². The molecular weight excluding hydrogens is 159 g/mol. The van der Waals surface area contributed by atoms with Gasteiger partial charge in [-0.3, -0.25) is 0 Å².